The number of hydrogen-bond acceptors (Lipinski definition) is 4. The third-order valence-electron chi connectivity index (χ3n) is 2.97. The molecule has 2 rings (SSSR count). The summed E-state index contributed by atoms with van der Waals surface area (Å²) < 4.78 is 13.0. The number of rotatable bonds is 6. The van der Waals surface area contributed by atoms with Gasteiger partial charge in [-0.05, 0) is 30.3 Å². The van der Waals surface area contributed by atoms with Crippen LogP contribution >= 0.6 is 11.6 Å². The molecule has 120 valence electrons. The van der Waals surface area contributed by atoms with Crippen molar-refractivity contribution in [1.82, 2.24) is 5.32 Å². The van der Waals surface area contributed by atoms with Gasteiger partial charge in [-0.25, -0.2) is 4.39 Å². The molecule has 0 aliphatic heterocycles. The number of amides is 1. The maximum absolute atomic E-state index is 13.0. The fourth-order valence-electron chi connectivity index (χ4n) is 1.91. The molecular weight excluding hydrogens is 325 g/mol. The minimum atomic E-state index is -0.542. The van der Waals surface area contributed by atoms with Crippen LogP contribution in [0, 0.1) is 15.9 Å². The fourth-order valence-corrected chi connectivity index (χ4v) is 2.08. The van der Waals surface area contributed by atoms with Gasteiger partial charge in [0.1, 0.15) is 11.5 Å². The molecule has 0 bridgehead atoms. The van der Waals surface area contributed by atoms with Crippen molar-refractivity contribution in [2.75, 3.05) is 18.4 Å². The monoisotopic (exact) mass is 337 g/mol. The normalized spacial score (nSPS) is 10.2. The van der Waals surface area contributed by atoms with Crippen LogP contribution < -0.4 is 10.6 Å². The number of halogens is 2. The molecular formula is C15H13ClFN3O3. The van der Waals surface area contributed by atoms with E-state index in [4.69, 9.17) is 11.6 Å². The molecule has 1 amide bonds. The average Bonchev–Trinajstić information content (AvgIpc) is 2.52. The first kappa shape index (κ1) is 16.7. The van der Waals surface area contributed by atoms with Crippen molar-refractivity contribution in [1.29, 1.82) is 0 Å². The number of nitro benzene ring substituents is 1. The van der Waals surface area contributed by atoms with Crippen molar-refractivity contribution < 1.29 is 14.1 Å². The summed E-state index contributed by atoms with van der Waals surface area (Å²) in [5, 5.41) is 16.6. The second kappa shape index (κ2) is 7.55. The lowest BCUT2D eigenvalue weighted by Gasteiger charge is -2.09. The number of carbonyl (C=O) groups excluding carboxylic acids is 1. The summed E-state index contributed by atoms with van der Waals surface area (Å²) >= 11 is 5.72. The molecule has 23 heavy (non-hydrogen) atoms. The van der Waals surface area contributed by atoms with Gasteiger partial charge in [0.2, 0.25) is 0 Å². The van der Waals surface area contributed by atoms with Gasteiger partial charge in [-0.2, -0.15) is 0 Å². The van der Waals surface area contributed by atoms with Crippen LogP contribution in [-0.2, 0) is 0 Å². The van der Waals surface area contributed by atoms with E-state index in [1.807, 2.05) is 0 Å². The molecule has 8 heteroatoms. The minimum Gasteiger partial charge on any atom is -0.378 e. The predicted molar refractivity (Wildman–Crippen MR) is 85.3 cm³/mol. The average molecular weight is 338 g/mol. The number of benzene rings is 2. The highest BCUT2D eigenvalue weighted by atomic mass is 35.5. The van der Waals surface area contributed by atoms with E-state index in [-0.39, 0.29) is 29.4 Å². The molecule has 0 spiro atoms. The van der Waals surface area contributed by atoms with Gasteiger partial charge in [0.05, 0.1) is 4.92 Å². The Labute approximate surface area is 136 Å². The Morgan fingerprint density at radius 3 is 2.70 bits per heavy atom. The highest BCUT2D eigenvalue weighted by Crippen LogP contribution is 2.27. The Bertz CT molecular complexity index is 740. The van der Waals surface area contributed by atoms with Gasteiger partial charge >= 0.3 is 0 Å². The number of nitrogens with zero attached hydrogens (tertiary/aromatic N) is 1. The third kappa shape index (κ3) is 4.65. The number of hydrogen-bond donors (Lipinski definition) is 2. The van der Waals surface area contributed by atoms with Gasteiger partial charge in [-0.3, -0.25) is 14.9 Å². The van der Waals surface area contributed by atoms with E-state index >= 15 is 0 Å². The van der Waals surface area contributed by atoms with Crippen LogP contribution in [0.3, 0.4) is 0 Å². The molecule has 6 nitrogen and oxygen atoms in total. The Morgan fingerprint density at radius 1 is 1.22 bits per heavy atom. The van der Waals surface area contributed by atoms with E-state index in [1.54, 1.807) is 0 Å². The molecule has 0 radical (unpaired) electrons. The van der Waals surface area contributed by atoms with Crippen molar-refractivity contribution >= 4 is 28.9 Å². The minimum absolute atomic E-state index is 0.144. The largest absolute Gasteiger partial charge is 0.378 e. The summed E-state index contributed by atoms with van der Waals surface area (Å²) in [4.78, 5) is 22.2. The zero-order chi connectivity index (χ0) is 16.8. The maximum Gasteiger partial charge on any atom is 0.293 e. The molecule has 0 fully saturated rings. The molecule has 0 aliphatic rings. The van der Waals surface area contributed by atoms with E-state index in [1.165, 1.54) is 36.4 Å². The molecule has 2 N–H and O–H groups in total. The molecule has 0 saturated carbocycles. The van der Waals surface area contributed by atoms with Crippen molar-refractivity contribution in [2.24, 2.45) is 0 Å². The Kier molecular flexibility index (Phi) is 5.48. The smallest absolute Gasteiger partial charge is 0.293 e. The molecule has 0 aromatic heterocycles. The van der Waals surface area contributed by atoms with Gasteiger partial charge < -0.3 is 10.6 Å². The summed E-state index contributed by atoms with van der Waals surface area (Å²) in [6, 6.07) is 9.59. The van der Waals surface area contributed by atoms with Crippen LogP contribution in [0.1, 0.15) is 10.4 Å². The van der Waals surface area contributed by atoms with Crippen LogP contribution in [0.4, 0.5) is 15.8 Å². The van der Waals surface area contributed by atoms with E-state index in [9.17, 15) is 19.3 Å². The number of carbonyl (C=O) groups is 1. The first-order valence-electron chi connectivity index (χ1n) is 6.69. The second-order valence-corrected chi connectivity index (χ2v) is 5.05. The van der Waals surface area contributed by atoms with Crippen LogP contribution in [0.2, 0.25) is 5.02 Å². The van der Waals surface area contributed by atoms with Crippen molar-refractivity contribution in [3.05, 3.63) is 69.0 Å². The molecule has 0 unspecified atom stereocenters. The summed E-state index contributed by atoms with van der Waals surface area (Å²) in [6.45, 7) is 0.485. The van der Waals surface area contributed by atoms with Crippen molar-refractivity contribution in [2.45, 2.75) is 0 Å². The lowest BCUT2D eigenvalue weighted by atomic mass is 10.2. The van der Waals surface area contributed by atoms with E-state index in [0.717, 1.165) is 6.07 Å². The second-order valence-electron chi connectivity index (χ2n) is 4.61. The van der Waals surface area contributed by atoms with Crippen LogP contribution in [0.25, 0.3) is 0 Å². The summed E-state index contributed by atoms with van der Waals surface area (Å²) in [7, 11) is 0. The molecule has 0 atom stereocenters. The summed E-state index contributed by atoms with van der Waals surface area (Å²) in [6.07, 6.45) is 0. The van der Waals surface area contributed by atoms with Crippen LogP contribution in [0.5, 0.6) is 0 Å². The third-order valence-corrected chi connectivity index (χ3v) is 3.20. The highest BCUT2D eigenvalue weighted by molar-refractivity contribution is 6.30. The van der Waals surface area contributed by atoms with Crippen LogP contribution in [-0.4, -0.2) is 23.9 Å². The first-order valence-corrected chi connectivity index (χ1v) is 7.07. The van der Waals surface area contributed by atoms with Gasteiger partial charge in [-0.1, -0.05) is 17.7 Å². The van der Waals surface area contributed by atoms with Gasteiger partial charge in [0.25, 0.3) is 11.6 Å². The predicted octanol–water partition coefficient (Wildman–Crippen LogP) is 3.23. The zero-order valence-corrected chi connectivity index (χ0v) is 12.6. The molecule has 0 heterocycles. The quantitative estimate of drug-likeness (QED) is 0.481. The molecule has 0 saturated heterocycles. The topological polar surface area (TPSA) is 84.3 Å². The zero-order valence-electron chi connectivity index (χ0n) is 11.9. The summed E-state index contributed by atoms with van der Waals surface area (Å²) in [5.41, 5.74) is 0.371. The van der Waals surface area contributed by atoms with Gasteiger partial charge in [-0.15, -0.1) is 0 Å². The van der Waals surface area contributed by atoms with E-state index in [2.05, 4.69) is 10.6 Å². The standard InChI is InChI=1S/C15H13ClFN3O3/c16-11-4-5-13(14(9-11)20(22)23)18-6-7-19-15(21)10-2-1-3-12(17)8-10/h1-5,8-9,18H,6-7H2,(H,19,21). The summed E-state index contributed by atoms with van der Waals surface area (Å²) in [5.74, 6) is -0.913. The van der Waals surface area contributed by atoms with Gasteiger partial charge in [0, 0.05) is 29.7 Å². The fraction of sp³-hybridized carbons (Fsp3) is 0.133. The molecule has 2 aromatic carbocycles. The SMILES string of the molecule is O=C(NCCNc1ccc(Cl)cc1[N+](=O)[O-])c1cccc(F)c1. The van der Waals surface area contributed by atoms with Gasteiger partial charge in [0.15, 0.2) is 0 Å². The lowest BCUT2D eigenvalue weighted by molar-refractivity contribution is -0.383. The Hall–Kier alpha value is -2.67. The van der Waals surface area contributed by atoms with E-state index in [0.29, 0.717) is 5.69 Å². The van der Waals surface area contributed by atoms with E-state index < -0.39 is 16.6 Å². The first-order chi connectivity index (χ1) is 11.0. The molecule has 2 aromatic rings. The number of anilines is 1. The Morgan fingerprint density at radius 2 is 2.00 bits per heavy atom. The van der Waals surface area contributed by atoms with Crippen molar-refractivity contribution in [3.8, 4) is 0 Å². The number of nitro groups is 1. The number of nitrogens with one attached hydrogen (secondary N) is 2. The Balaban J connectivity index is 1.88. The van der Waals surface area contributed by atoms with Crippen molar-refractivity contribution in [3.63, 3.8) is 0 Å². The molecule has 0 aliphatic carbocycles. The lowest BCUT2D eigenvalue weighted by Crippen LogP contribution is -2.28. The van der Waals surface area contributed by atoms with Crippen LogP contribution in [0.15, 0.2) is 42.5 Å². The maximum atomic E-state index is 13.0. The highest BCUT2D eigenvalue weighted by Gasteiger charge is 2.13.